The first-order valence-electron chi connectivity index (χ1n) is 24.4. The van der Waals surface area contributed by atoms with Crippen molar-refractivity contribution in [3.05, 3.63) is 60.8 Å². The summed E-state index contributed by atoms with van der Waals surface area (Å²) in [5.74, 6) is -0.971. The third-order valence-corrected chi connectivity index (χ3v) is 10.4. The highest BCUT2D eigenvalue weighted by molar-refractivity contribution is 5.71. The monoisotopic (exact) mass is 811 g/mol. The zero-order valence-corrected chi connectivity index (χ0v) is 38.0. The summed E-state index contributed by atoms with van der Waals surface area (Å²) >= 11 is 0. The number of carbonyl (C=O) groups excluding carboxylic acids is 3. The highest BCUT2D eigenvalue weighted by atomic mass is 16.6. The molecule has 1 unspecified atom stereocenters. The van der Waals surface area contributed by atoms with Crippen LogP contribution in [-0.4, -0.2) is 37.2 Å². The van der Waals surface area contributed by atoms with Gasteiger partial charge in [0.2, 0.25) is 0 Å². The van der Waals surface area contributed by atoms with Gasteiger partial charge >= 0.3 is 17.9 Å². The Labute approximate surface area is 358 Å². The maximum absolute atomic E-state index is 12.7. The van der Waals surface area contributed by atoms with Crippen LogP contribution in [-0.2, 0) is 28.6 Å². The Kier molecular flexibility index (Phi) is 44.5. The first-order chi connectivity index (χ1) is 28.5. The van der Waals surface area contributed by atoms with E-state index in [-0.39, 0.29) is 37.5 Å². The Morgan fingerprint density at radius 2 is 0.672 bits per heavy atom. The van der Waals surface area contributed by atoms with E-state index in [1.165, 1.54) is 135 Å². The summed E-state index contributed by atoms with van der Waals surface area (Å²) < 4.78 is 16.7. The zero-order chi connectivity index (χ0) is 42.3. The molecule has 0 aromatic carbocycles. The number of unbranched alkanes of at least 4 members (excludes halogenated alkanes) is 26. The molecule has 6 nitrogen and oxygen atoms in total. The minimum atomic E-state index is -0.805. The summed E-state index contributed by atoms with van der Waals surface area (Å²) in [5.41, 5.74) is 0. The maximum Gasteiger partial charge on any atom is 0.306 e. The SMILES string of the molecule is CC\C=C/C=C\C=C/C=C\C=C/CCCC(=O)OC(COC(=O)CCCCCCCCCCCCC)COC(=O)CCCCCCCCCCCCCCCCCC. The van der Waals surface area contributed by atoms with E-state index in [2.05, 4.69) is 26.8 Å². The number of rotatable bonds is 43. The molecule has 0 spiro atoms. The topological polar surface area (TPSA) is 78.9 Å². The number of esters is 3. The average Bonchev–Trinajstić information content (AvgIpc) is 3.22. The van der Waals surface area contributed by atoms with Crippen LogP contribution in [0.4, 0.5) is 0 Å². The van der Waals surface area contributed by atoms with Crippen LogP contribution in [0.5, 0.6) is 0 Å². The summed E-state index contributed by atoms with van der Waals surface area (Å²) in [5, 5.41) is 0. The molecule has 0 aliphatic heterocycles. The largest absolute Gasteiger partial charge is 0.462 e. The number of allylic oxidation sites excluding steroid dienone is 10. The number of hydrogen-bond donors (Lipinski definition) is 0. The Bertz CT molecular complexity index is 1070. The molecule has 0 rings (SSSR count). The number of ether oxygens (including phenoxy) is 3. The molecular weight excluding hydrogens is 721 g/mol. The van der Waals surface area contributed by atoms with Crippen molar-refractivity contribution in [1.29, 1.82) is 0 Å². The van der Waals surface area contributed by atoms with Crippen molar-refractivity contribution in [2.24, 2.45) is 0 Å². The lowest BCUT2D eigenvalue weighted by Crippen LogP contribution is -2.30. The fraction of sp³-hybridized carbons (Fsp3) is 0.750. The molecule has 334 valence electrons. The molecule has 0 aliphatic carbocycles. The molecule has 0 radical (unpaired) electrons. The van der Waals surface area contributed by atoms with Crippen molar-refractivity contribution in [3.8, 4) is 0 Å². The molecule has 0 N–H and O–H groups in total. The lowest BCUT2D eigenvalue weighted by Gasteiger charge is -2.18. The summed E-state index contributed by atoms with van der Waals surface area (Å²) in [6.07, 6.45) is 56.4. The van der Waals surface area contributed by atoms with Gasteiger partial charge in [0.1, 0.15) is 13.2 Å². The summed E-state index contributed by atoms with van der Waals surface area (Å²) in [7, 11) is 0. The minimum Gasteiger partial charge on any atom is -0.462 e. The maximum atomic E-state index is 12.7. The molecule has 0 aromatic rings. The lowest BCUT2D eigenvalue weighted by molar-refractivity contribution is -0.167. The van der Waals surface area contributed by atoms with Crippen LogP contribution in [0.2, 0.25) is 0 Å². The molecule has 58 heavy (non-hydrogen) atoms. The molecule has 6 heteroatoms. The minimum absolute atomic E-state index is 0.0998. The van der Waals surface area contributed by atoms with E-state index in [1.807, 2.05) is 54.7 Å². The van der Waals surface area contributed by atoms with Gasteiger partial charge in [0.05, 0.1) is 0 Å². The fourth-order valence-electron chi connectivity index (χ4n) is 6.77. The van der Waals surface area contributed by atoms with Gasteiger partial charge in [-0.3, -0.25) is 14.4 Å². The van der Waals surface area contributed by atoms with E-state index in [0.717, 1.165) is 51.4 Å². The van der Waals surface area contributed by atoms with E-state index in [9.17, 15) is 14.4 Å². The van der Waals surface area contributed by atoms with E-state index in [1.54, 1.807) is 0 Å². The summed E-state index contributed by atoms with van der Waals surface area (Å²) in [4.78, 5) is 37.8. The van der Waals surface area contributed by atoms with Crippen LogP contribution >= 0.6 is 0 Å². The predicted octanol–water partition coefficient (Wildman–Crippen LogP) is 15.7. The Morgan fingerprint density at radius 3 is 1.03 bits per heavy atom. The van der Waals surface area contributed by atoms with Gasteiger partial charge in [0, 0.05) is 19.3 Å². The molecule has 0 heterocycles. The Morgan fingerprint density at radius 1 is 0.362 bits per heavy atom. The van der Waals surface area contributed by atoms with Gasteiger partial charge in [-0.15, -0.1) is 0 Å². The third kappa shape index (κ3) is 44.2. The number of carbonyl (C=O) groups is 3. The van der Waals surface area contributed by atoms with Gasteiger partial charge in [-0.05, 0) is 32.1 Å². The predicted molar refractivity (Wildman–Crippen MR) is 247 cm³/mol. The van der Waals surface area contributed by atoms with Crippen LogP contribution in [0, 0.1) is 0 Å². The average molecular weight is 811 g/mol. The quantitative estimate of drug-likeness (QED) is 0.0264. The van der Waals surface area contributed by atoms with E-state index < -0.39 is 6.10 Å². The van der Waals surface area contributed by atoms with Gasteiger partial charge in [-0.1, -0.05) is 242 Å². The smallest absolute Gasteiger partial charge is 0.306 e. The van der Waals surface area contributed by atoms with E-state index in [4.69, 9.17) is 14.2 Å². The van der Waals surface area contributed by atoms with E-state index in [0.29, 0.717) is 19.3 Å². The molecule has 0 saturated heterocycles. The molecular formula is C52H90O6. The number of hydrogen-bond acceptors (Lipinski definition) is 6. The van der Waals surface area contributed by atoms with Crippen molar-refractivity contribution in [2.75, 3.05) is 13.2 Å². The summed E-state index contributed by atoms with van der Waals surface area (Å²) in [6.45, 7) is 6.43. The standard InChI is InChI=1S/C52H90O6/c1-4-7-10-13-16-19-22-24-25-26-28-30-33-36-39-42-45-51(54)57-48-49(47-56-50(53)44-41-38-35-32-29-21-18-15-12-9-6-3)58-52(55)46-43-40-37-34-31-27-23-20-17-14-11-8-5-2/h8,11,14,17,20,23,27,31,34,37,49H,4-7,9-10,12-13,15-16,18-19,21-22,24-26,28-30,32-33,35-36,38-48H2,1-3H3/b11-8-,17-14-,23-20-,31-27-,37-34-. The highest BCUT2D eigenvalue weighted by Crippen LogP contribution is 2.15. The first-order valence-corrected chi connectivity index (χ1v) is 24.4. The highest BCUT2D eigenvalue weighted by Gasteiger charge is 2.19. The van der Waals surface area contributed by atoms with Crippen LogP contribution in [0.25, 0.3) is 0 Å². The molecule has 0 fully saturated rings. The van der Waals surface area contributed by atoms with E-state index >= 15 is 0 Å². The third-order valence-electron chi connectivity index (χ3n) is 10.4. The van der Waals surface area contributed by atoms with Crippen LogP contribution in [0.15, 0.2) is 60.8 Å². The second-order valence-electron chi connectivity index (χ2n) is 16.1. The second kappa shape index (κ2) is 46.8. The molecule has 0 amide bonds. The van der Waals surface area contributed by atoms with Gasteiger partial charge in [-0.2, -0.15) is 0 Å². The van der Waals surface area contributed by atoms with Crippen LogP contribution in [0.1, 0.15) is 233 Å². The van der Waals surface area contributed by atoms with Crippen molar-refractivity contribution in [2.45, 2.75) is 239 Å². The van der Waals surface area contributed by atoms with Crippen LogP contribution in [0.3, 0.4) is 0 Å². The second-order valence-corrected chi connectivity index (χ2v) is 16.1. The van der Waals surface area contributed by atoms with Crippen molar-refractivity contribution >= 4 is 17.9 Å². The molecule has 0 saturated carbocycles. The fourth-order valence-corrected chi connectivity index (χ4v) is 6.77. The first kappa shape index (κ1) is 55.1. The van der Waals surface area contributed by atoms with Crippen LogP contribution < -0.4 is 0 Å². The van der Waals surface area contributed by atoms with Gasteiger partial charge in [0.15, 0.2) is 6.10 Å². The molecule has 0 aromatic heterocycles. The molecule has 0 aliphatic rings. The molecule has 0 bridgehead atoms. The lowest BCUT2D eigenvalue weighted by atomic mass is 10.0. The molecule has 1 atom stereocenters. The van der Waals surface area contributed by atoms with Gasteiger partial charge < -0.3 is 14.2 Å². The van der Waals surface area contributed by atoms with Crippen molar-refractivity contribution in [1.82, 2.24) is 0 Å². The normalized spacial score (nSPS) is 12.5. The Hall–Kier alpha value is -2.89. The van der Waals surface area contributed by atoms with Gasteiger partial charge in [-0.25, -0.2) is 0 Å². The Balaban J connectivity index is 4.43. The zero-order valence-electron chi connectivity index (χ0n) is 38.0. The summed E-state index contributed by atoms with van der Waals surface area (Å²) in [6, 6.07) is 0. The van der Waals surface area contributed by atoms with Crippen molar-refractivity contribution in [3.63, 3.8) is 0 Å². The van der Waals surface area contributed by atoms with Crippen molar-refractivity contribution < 1.29 is 28.6 Å². The van der Waals surface area contributed by atoms with Gasteiger partial charge in [0.25, 0.3) is 0 Å².